The molecule has 3 rings (SSSR count). The predicted molar refractivity (Wildman–Crippen MR) is 103 cm³/mol. The summed E-state index contributed by atoms with van der Waals surface area (Å²) in [7, 11) is 0. The summed E-state index contributed by atoms with van der Waals surface area (Å²) in [6.45, 7) is 1.43. The Morgan fingerprint density at radius 2 is 1.71 bits per heavy atom. The average Bonchev–Trinajstić information content (AvgIpc) is 2.66. The first-order chi connectivity index (χ1) is 13.2. The van der Waals surface area contributed by atoms with Gasteiger partial charge in [0.05, 0.1) is 11.5 Å². The number of rotatable bonds is 5. The fourth-order valence-corrected chi connectivity index (χ4v) is 3.61. The van der Waals surface area contributed by atoms with Crippen molar-refractivity contribution in [2.75, 3.05) is 0 Å². The first-order valence-corrected chi connectivity index (χ1v) is 8.94. The summed E-state index contributed by atoms with van der Waals surface area (Å²) in [5.41, 5.74) is -3.14. The molecule has 0 radical (unpaired) electrons. The van der Waals surface area contributed by atoms with E-state index in [4.69, 9.17) is 16.3 Å². The van der Waals surface area contributed by atoms with E-state index in [-0.39, 0.29) is 17.7 Å². The van der Waals surface area contributed by atoms with Gasteiger partial charge in [0.1, 0.15) is 16.9 Å². The van der Waals surface area contributed by atoms with E-state index in [1.165, 1.54) is 25.1 Å². The number of hydrogen-bond donors (Lipinski definition) is 3. The molecule has 0 aliphatic heterocycles. The van der Waals surface area contributed by atoms with E-state index in [2.05, 4.69) is 0 Å². The molecule has 6 nitrogen and oxygen atoms in total. The number of benzene rings is 2. The van der Waals surface area contributed by atoms with Gasteiger partial charge in [0.2, 0.25) is 0 Å². The lowest BCUT2D eigenvalue weighted by Crippen LogP contribution is -2.53. The largest absolute Gasteiger partial charge is 0.481 e. The van der Waals surface area contributed by atoms with Crippen LogP contribution in [0.1, 0.15) is 18.9 Å². The molecule has 3 atom stereocenters. The van der Waals surface area contributed by atoms with E-state index in [1.54, 1.807) is 42.5 Å². The minimum absolute atomic E-state index is 0.196. The third-order valence-corrected chi connectivity index (χ3v) is 5.33. The number of carboxylic acids is 2. The molecule has 0 spiro atoms. The van der Waals surface area contributed by atoms with Crippen molar-refractivity contribution in [1.82, 2.24) is 0 Å². The number of aliphatic hydroxyl groups is 1. The van der Waals surface area contributed by atoms with Crippen LogP contribution in [0.25, 0.3) is 0 Å². The highest BCUT2D eigenvalue weighted by Gasteiger charge is 2.55. The molecule has 0 saturated carbocycles. The Kier molecular flexibility index (Phi) is 5.19. The predicted octanol–water partition coefficient (Wildman–Crippen LogP) is 3.87. The van der Waals surface area contributed by atoms with Crippen LogP contribution in [-0.2, 0) is 15.0 Å². The third-order valence-electron chi connectivity index (χ3n) is 5.08. The van der Waals surface area contributed by atoms with E-state index in [0.717, 1.165) is 0 Å². The van der Waals surface area contributed by atoms with Crippen LogP contribution in [0, 0.1) is 5.41 Å². The molecule has 0 bridgehead atoms. The summed E-state index contributed by atoms with van der Waals surface area (Å²) < 4.78 is 5.87. The second kappa shape index (κ2) is 7.30. The number of carbonyl (C=O) groups is 2. The van der Waals surface area contributed by atoms with Crippen molar-refractivity contribution in [3.8, 4) is 11.5 Å². The summed E-state index contributed by atoms with van der Waals surface area (Å²) in [6.07, 6.45) is 0.810. The van der Waals surface area contributed by atoms with E-state index >= 15 is 0 Å². The van der Waals surface area contributed by atoms with Gasteiger partial charge in [0.25, 0.3) is 0 Å². The second-order valence-electron chi connectivity index (χ2n) is 7.03. The molecule has 7 heteroatoms. The molecule has 1 aliphatic carbocycles. The zero-order valence-corrected chi connectivity index (χ0v) is 15.8. The van der Waals surface area contributed by atoms with Crippen LogP contribution in [-0.4, -0.2) is 33.4 Å². The van der Waals surface area contributed by atoms with Gasteiger partial charge in [0.15, 0.2) is 0 Å². The maximum absolute atomic E-state index is 12.4. The van der Waals surface area contributed by atoms with E-state index in [0.29, 0.717) is 10.8 Å². The van der Waals surface area contributed by atoms with Gasteiger partial charge in [0, 0.05) is 10.6 Å². The Bertz CT molecular complexity index is 938. The van der Waals surface area contributed by atoms with Crippen molar-refractivity contribution in [3.05, 3.63) is 71.3 Å². The lowest BCUT2D eigenvalue weighted by atomic mass is 9.61. The van der Waals surface area contributed by atoms with Crippen LogP contribution < -0.4 is 4.74 Å². The van der Waals surface area contributed by atoms with Crippen LogP contribution in [0.4, 0.5) is 0 Å². The molecule has 0 aromatic heterocycles. The van der Waals surface area contributed by atoms with Crippen molar-refractivity contribution < 1.29 is 29.6 Å². The van der Waals surface area contributed by atoms with Gasteiger partial charge in [-0.15, -0.1) is 0 Å². The monoisotopic (exact) mass is 402 g/mol. The maximum atomic E-state index is 12.4. The van der Waals surface area contributed by atoms with Crippen LogP contribution in [0.5, 0.6) is 11.5 Å². The quantitative estimate of drug-likeness (QED) is 0.656. The summed E-state index contributed by atoms with van der Waals surface area (Å²) in [5, 5.41) is 30.9. The summed E-state index contributed by atoms with van der Waals surface area (Å²) >= 11 is 5.88. The van der Waals surface area contributed by atoms with Crippen molar-refractivity contribution in [2.24, 2.45) is 5.41 Å². The van der Waals surface area contributed by atoms with Crippen LogP contribution in [0.3, 0.4) is 0 Å². The number of aliphatic carboxylic acids is 2. The zero-order valence-electron chi connectivity index (χ0n) is 15.0. The SMILES string of the molecule is CC1(C(=O)O)C=CC(O)C(C(=O)O)(c2ccccc2Oc2ccc(Cl)cc2)C1. The van der Waals surface area contributed by atoms with E-state index in [9.17, 15) is 24.9 Å². The Morgan fingerprint density at radius 1 is 1.07 bits per heavy atom. The molecule has 2 aromatic carbocycles. The molecule has 1 aliphatic rings. The highest BCUT2D eigenvalue weighted by atomic mass is 35.5. The lowest BCUT2D eigenvalue weighted by Gasteiger charge is -2.42. The first kappa shape index (κ1) is 19.9. The molecular weight excluding hydrogens is 384 g/mol. The topological polar surface area (TPSA) is 104 Å². The van der Waals surface area contributed by atoms with Gasteiger partial charge < -0.3 is 20.1 Å². The highest BCUT2D eigenvalue weighted by molar-refractivity contribution is 6.30. The standard InChI is InChI=1S/C21H19ClO6/c1-20(18(24)25)11-10-17(23)21(12-20,19(26)27)15-4-2-3-5-16(15)28-14-8-6-13(22)7-9-14/h2-11,17,23H,12H2,1H3,(H,24,25)(H,26,27). The molecule has 28 heavy (non-hydrogen) atoms. The number of hydrogen-bond acceptors (Lipinski definition) is 4. The van der Waals surface area contributed by atoms with Gasteiger partial charge in [-0.25, -0.2) is 0 Å². The Morgan fingerprint density at radius 3 is 2.32 bits per heavy atom. The number of carboxylic acid groups (broad SMARTS) is 2. The Balaban J connectivity index is 2.13. The molecule has 3 N–H and O–H groups in total. The summed E-state index contributed by atoms with van der Waals surface area (Å²) in [4.78, 5) is 24.1. The number of halogens is 1. The van der Waals surface area contributed by atoms with Gasteiger partial charge in [-0.2, -0.15) is 0 Å². The van der Waals surface area contributed by atoms with E-state index in [1.807, 2.05) is 0 Å². The molecule has 0 amide bonds. The summed E-state index contributed by atoms with van der Waals surface area (Å²) in [6, 6.07) is 12.9. The highest BCUT2D eigenvalue weighted by Crippen LogP contribution is 2.48. The second-order valence-corrected chi connectivity index (χ2v) is 7.47. The lowest BCUT2D eigenvalue weighted by molar-refractivity contribution is -0.154. The minimum atomic E-state index is -1.88. The van der Waals surface area contributed by atoms with Crippen molar-refractivity contribution in [2.45, 2.75) is 24.9 Å². The van der Waals surface area contributed by atoms with Gasteiger partial charge in [-0.3, -0.25) is 9.59 Å². The fraction of sp³-hybridized carbons (Fsp3) is 0.238. The smallest absolute Gasteiger partial charge is 0.317 e. The molecule has 146 valence electrons. The van der Waals surface area contributed by atoms with Crippen molar-refractivity contribution in [1.29, 1.82) is 0 Å². The first-order valence-electron chi connectivity index (χ1n) is 8.56. The Hall–Kier alpha value is -2.83. The van der Waals surface area contributed by atoms with Crippen LogP contribution in [0.15, 0.2) is 60.7 Å². The van der Waals surface area contributed by atoms with E-state index < -0.39 is 28.9 Å². The number of ether oxygens (including phenoxy) is 1. The molecule has 0 heterocycles. The zero-order chi connectivity index (χ0) is 20.5. The van der Waals surface area contributed by atoms with Gasteiger partial charge >= 0.3 is 11.9 Å². The number of aliphatic hydroxyl groups excluding tert-OH is 1. The fourth-order valence-electron chi connectivity index (χ4n) is 3.48. The van der Waals surface area contributed by atoms with Crippen molar-refractivity contribution in [3.63, 3.8) is 0 Å². The maximum Gasteiger partial charge on any atom is 0.317 e. The molecule has 0 fully saturated rings. The molecular formula is C21H19ClO6. The van der Waals surface area contributed by atoms with Crippen LogP contribution in [0.2, 0.25) is 5.02 Å². The molecule has 3 unspecified atom stereocenters. The minimum Gasteiger partial charge on any atom is -0.481 e. The van der Waals surface area contributed by atoms with Crippen molar-refractivity contribution >= 4 is 23.5 Å². The average molecular weight is 403 g/mol. The normalized spacial score (nSPS) is 26.6. The Labute approximate surface area is 166 Å². The number of para-hydroxylation sites is 1. The molecule has 0 saturated heterocycles. The molecule has 2 aromatic rings. The van der Waals surface area contributed by atoms with Gasteiger partial charge in [-0.05, 0) is 43.7 Å². The van der Waals surface area contributed by atoms with Gasteiger partial charge in [-0.1, -0.05) is 42.0 Å². The van der Waals surface area contributed by atoms with Crippen LogP contribution >= 0.6 is 11.6 Å². The summed E-state index contributed by atoms with van der Waals surface area (Å²) in [5.74, 6) is -1.85. The third kappa shape index (κ3) is 3.37.